The Morgan fingerprint density at radius 3 is 2.85 bits per heavy atom. The van der Waals surface area contributed by atoms with E-state index in [-0.39, 0.29) is 24.5 Å². The summed E-state index contributed by atoms with van der Waals surface area (Å²) >= 11 is 3.78. The summed E-state index contributed by atoms with van der Waals surface area (Å²) in [4.78, 5) is 15.1. The number of nitrogens with zero attached hydrogens (tertiary/aromatic N) is 2. The highest BCUT2D eigenvalue weighted by molar-refractivity contribution is 9.10. The molecule has 0 bridgehead atoms. The van der Waals surface area contributed by atoms with E-state index < -0.39 is 0 Å². The topological polar surface area (TPSA) is 57.5 Å². The van der Waals surface area contributed by atoms with Crippen LogP contribution in [0.15, 0.2) is 22.8 Å². The number of benzene rings is 1. The molecule has 1 aliphatic rings. The molecule has 2 aromatic rings. The molecule has 1 aromatic carbocycles. The van der Waals surface area contributed by atoms with Gasteiger partial charge in [-0.05, 0) is 65.9 Å². The molecule has 1 aromatic heterocycles. The zero-order valence-corrected chi connectivity index (χ0v) is 18.1. The van der Waals surface area contributed by atoms with Gasteiger partial charge in [0.1, 0.15) is 0 Å². The number of carbonyl (C=O) groups excluding carboxylic acids is 1. The van der Waals surface area contributed by atoms with Crippen LogP contribution in [-0.2, 0) is 24.7 Å². The fraction of sp³-hybridized carbons (Fsp3) is 0.571. The quantitative estimate of drug-likeness (QED) is 0.775. The molecule has 1 aliphatic heterocycles. The van der Waals surface area contributed by atoms with Gasteiger partial charge in [-0.1, -0.05) is 19.1 Å². The number of hydrogen-bond acceptors (Lipinski definition) is 3. The smallest absolute Gasteiger partial charge is 0.224 e. The van der Waals surface area contributed by atoms with E-state index in [0.717, 1.165) is 43.4 Å². The average Bonchev–Trinajstić information content (AvgIpc) is 2.92. The van der Waals surface area contributed by atoms with Crippen LogP contribution in [0.25, 0.3) is 10.9 Å². The maximum Gasteiger partial charge on any atom is 0.224 e. The largest absolute Gasteiger partial charge is 0.394 e. The van der Waals surface area contributed by atoms with E-state index in [4.69, 9.17) is 0 Å². The Bertz CT molecular complexity index is 813. The van der Waals surface area contributed by atoms with Crippen molar-refractivity contribution in [3.8, 4) is 0 Å². The average molecular weight is 436 g/mol. The Hall–Kier alpha value is -1.37. The minimum Gasteiger partial charge on any atom is -0.394 e. The number of likely N-dealkylation sites (N-methyl/N-ethyl adjacent to an activating group) is 1. The first-order valence-electron chi connectivity index (χ1n) is 9.80. The number of hydrogen-bond donors (Lipinski definition) is 2. The molecule has 0 radical (unpaired) electrons. The van der Waals surface area contributed by atoms with Crippen molar-refractivity contribution in [3.63, 3.8) is 0 Å². The highest BCUT2D eigenvalue weighted by atomic mass is 79.9. The third-order valence-electron chi connectivity index (χ3n) is 5.80. The fourth-order valence-electron chi connectivity index (χ4n) is 4.06. The van der Waals surface area contributed by atoms with E-state index in [1.807, 2.05) is 6.92 Å². The van der Waals surface area contributed by atoms with Crippen LogP contribution in [-0.4, -0.2) is 53.3 Å². The molecule has 0 saturated carbocycles. The summed E-state index contributed by atoms with van der Waals surface area (Å²) in [5, 5.41) is 13.8. The number of carbonyl (C=O) groups is 1. The molecule has 27 heavy (non-hydrogen) atoms. The number of halogens is 1. The lowest BCUT2D eigenvalue weighted by Gasteiger charge is -2.26. The van der Waals surface area contributed by atoms with Crippen molar-refractivity contribution in [1.29, 1.82) is 0 Å². The summed E-state index contributed by atoms with van der Waals surface area (Å²) in [5.74, 6) is -0.00970. The first-order valence-corrected chi connectivity index (χ1v) is 10.6. The summed E-state index contributed by atoms with van der Waals surface area (Å²) in [6, 6.07) is 6.32. The summed E-state index contributed by atoms with van der Waals surface area (Å²) in [5.41, 5.74) is 3.93. The predicted octanol–water partition coefficient (Wildman–Crippen LogP) is 2.86. The number of aliphatic hydroxyl groups excluding tert-OH is 1. The minimum absolute atomic E-state index is 0.00842. The van der Waals surface area contributed by atoms with Gasteiger partial charge >= 0.3 is 0 Å². The molecule has 0 aliphatic carbocycles. The summed E-state index contributed by atoms with van der Waals surface area (Å²) in [6.07, 6.45) is 3.38. The second-order valence-electron chi connectivity index (χ2n) is 7.68. The van der Waals surface area contributed by atoms with E-state index in [0.29, 0.717) is 0 Å². The van der Waals surface area contributed by atoms with E-state index in [1.54, 1.807) is 0 Å². The third-order valence-corrected chi connectivity index (χ3v) is 6.81. The van der Waals surface area contributed by atoms with Gasteiger partial charge in [0.2, 0.25) is 5.91 Å². The number of rotatable bonds is 4. The van der Waals surface area contributed by atoms with Crippen LogP contribution in [0.4, 0.5) is 0 Å². The van der Waals surface area contributed by atoms with Crippen LogP contribution in [0.5, 0.6) is 0 Å². The minimum atomic E-state index is -0.154. The van der Waals surface area contributed by atoms with Gasteiger partial charge in [0.15, 0.2) is 0 Å². The molecule has 2 atom stereocenters. The Kier molecular flexibility index (Phi) is 6.61. The van der Waals surface area contributed by atoms with Gasteiger partial charge < -0.3 is 19.9 Å². The highest BCUT2D eigenvalue weighted by Gasteiger charge is 2.25. The number of aromatic nitrogens is 1. The van der Waals surface area contributed by atoms with Gasteiger partial charge in [-0.3, -0.25) is 4.79 Å². The summed E-state index contributed by atoms with van der Waals surface area (Å²) < 4.78 is 3.37. The maximum absolute atomic E-state index is 12.8. The molecule has 0 spiro atoms. The van der Waals surface area contributed by atoms with Crippen LogP contribution in [0.3, 0.4) is 0 Å². The SMILES string of the molecule is CCC(CO)NC(=O)C1CCc2cccc3c2c(c(Br)n3C)CCN(C)C1. The lowest BCUT2D eigenvalue weighted by atomic mass is 9.93. The molecule has 5 nitrogen and oxygen atoms in total. The number of nitrogens with one attached hydrogen (secondary N) is 1. The first kappa shape index (κ1) is 20.4. The third kappa shape index (κ3) is 4.23. The second kappa shape index (κ2) is 8.76. The van der Waals surface area contributed by atoms with Crippen molar-refractivity contribution in [3.05, 3.63) is 33.9 Å². The molecule has 2 N–H and O–H groups in total. The summed E-state index contributed by atoms with van der Waals surface area (Å²) in [6.45, 7) is 3.62. The number of aryl methyl sites for hydroxylation is 2. The lowest BCUT2D eigenvalue weighted by Crippen LogP contribution is -2.44. The Morgan fingerprint density at radius 1 is 1.37 bits per heavy atom. The molecule has 6 heteroatoms. The van der Waals surface area contributed by atoms with Crippen LogP contribution >= 0.6 is 15.9 Å². The number of amides is 1. The second-order valence-corrected chi connectivity index (χ2v) is 8.43. The van der Waals surface area contributed by atoms with Crippen LogP contribution in [0, 0.1) is 5.92 Å². The molecular formula is C21H30BrN3O2. The molecule has 2 unspecified atom stereocenters. The Labute approximate surface area is 169 Å². The van der Waals surface area contributed by atoms with Crippen molar-refractivity contribution in [2.75, 3.05) is 26.7 Å². The van der Waals surface area contributed by atoms with Gasteiger partial charge in [0.25, 0.3) is 0 Å². The summed E-state index contributed by atoms with van der Waals surface area (Å²) in [7, 11) is 4.18. The van der Waals surface area contributed by atoms with E-state index >= 15 is 0 Å². The van der Waals surface area contributed by atoms with Crippen molar-refractivity contribution in [2.45, 2.75) is 38.6 Å². The Balaban J connectivity index is 1.91. The zero-order chi connectivity index (χ0) is 19.6. The van der Waals surface area contributed by atoms with Crippen molar-refractivity contribution < 1.29 is 9.90 Å². The van der Waals surface area contributed by atoms with E-state index in [2.05, 4.69) is 63.0 Å². The zero-order valence-electron chi connectivity index (χ0n) is 16.5. The lowest BCUT2D eigenvalue weighted by molar-refractivity contribution is -0.126. The molecule has 0 saturated heterocycles. The van der Waals surface area contributed by atoms with Gasteiger partial charge in [0.05, 0.1) is 23.2 Å². The van der Waals surface area contributed by atoms with Gasteiger partial charge in [-0.15, -0.1) is 0 Å². The van der Waals surface area contributed by atoms with Gasteiger partial charge in [-0.2, -0.15) is 0 Å². The Morgan fingerprint density at radius 2 is 2.15 bits per heavy atom. The van der Waals surface area contributed by atoms with Crippen LogP contribution < -0.4 is 5.32 Å². The highest BCUT2D eigenvalue weighted by Crippen LogP contribution is 2.34. The van der Waals surface area contributed by atoms with Gasteiger partial charge in [-0.25, -0.2) is 0 Å². The molecule has 2 heterocycles. The first-order chi connectivity index (χ1) is 13.0. The molecule has 1 amide bonds. The number of aliphatic hydroxyl groups is 1. The van der Waals surface area contributed by atoms with E-state index in [9.17, 15) is 9.90 Å². The van der Waals surface area contributed by atoms with E-state index in [1.165, 1.54) is 22.0 Å². The van der Waals surface area contributed by atoms with Crippen molar-refractivity contribution in [1.82, 2.24) is 14.8 Å². The maximum atomic E-state index is 12.8. The molecule has 3 rings (SSSR count). The monoisotopic (exact) mass is 435 g/mol. The van der Waals surface area contributed by atoms with Crippen molar-refractivity contribution in [2.24, 2.45) is 13.0 Å². The van der Waals surface area contributed by atoms with Crippen LogP contribution in [0.2, 0.25) is 0 Å². The van der Waals surface area contributed by atoms with Crippen molar-refractivity contribution >= 4 is 32.7 Å². The molecular weight excluding hydrogens is 406 g/mol. The fourth-order valence-corrected chi connectivity index (χ4v) is 4.65. The normalized spacial score (nSPS) is 19.8. The molecule has 148 valence electrons. The standard InChI is InChI=1S/C21H30BrN3O2/c1-4-16(13-26)23-21(27)15-9-8-14-6-5-7-18-19(14)17(20(22)25(18)3)10-11-24(2)12-15/h5-7,15-16,26H,4,8-13H2,1-3H3,(H,23,27). The molecule has 0 fully saturated rings. The van der Waals surface area contributed by atoms with Gasteiger partial charge in [0, 0.05) is 31.0 Å². The predicted molar refractivity (Wildman–Crippen MR) is 113 cm³/mol. The van der Waals surface area contributed by atoms with Crippen LogP contribution in [0.1, 0.15) is 30.9 Å².